The molecular weight excluding hydrogens is 462 g/mol. The predicted octanol–water partition coefficient (Wildman–Crippen LogP) is 6.36. The lowest BCUT2D eigenvalue weighted by molar-refractivity contribution is -0.132. The summed E-state index contributed by atoms with van der Waals surface area (Å²) in [6.45, 7) is 10.4. The van der Waals surface area contributed by atoms with Crippen molar-refractivity contribution in [1.29, 1.82) is 0 Å². The van der Waals surface area contributed by atoms with Gasteiger partial charge in [-0.3, -0.25) is 14.5 Å². The molecule has 1 atom stereocenters. The Hall–Kier alpha value is -4.19. The molecule has 1 aliphatic heterocycles. The van der Waals surface area contributed by atoms with Crippen LogP contribution in [-0.2, 0) is 21.4 Å². The zero-order valence-electron chi connectivity index (χ0n) is 21.8. The first-order chi connectivity index (χ1) is 17.6. The molecule has 1 unspecified atom stereocenters. The van der Waals surface area contributed by atoms with Crippen molar-refractivity contribution in [2.75, 3.05) is 4.90 Å². The van der Waals surface area contributed by atoms with Gasteiger partial charge in [-0.05, 0) is 53.1 Å². The number of nitrogens with one attached hydrogen (secondary N) is 1. The van der Waals surface area contributed by atoms with E-state index in [1.807, 2.05) is 61.5 Å². The lowest BCUT2D eigenvalue weighted by Crippen LogP contribution is -2.30. The number of carbonyl (C=O) groups excluding carboxylic acids is 2. The van der Waals surface area contributed by atoms with E-state index < -0.39 is 17.7 Å². The molecule has 6 heteroatoms. The number of nitrogens with zero attached hydrogens (tertiary/aromatic N) is 2. The van der Waals surface area contributed by atoms with E-state index in [0.717, 1.165) is 34.2 Å². The SMILES string of the molecule is CCc1ccc(/C(O)=C2\C(=O)C(=O)N(c3nc4ccc(C)cc4[nH]3)C2c2ccc(C(C)(C)C)cc2)cc1. The first kappa shape index (κ1) is 24.5. The number of benzene rings is 3. The van der Waals surface area contributed by atoms with Crippen LogP contribution in [0.4, 0.5) is 5.95 Å². The molecule has 37 heavy (non-hydrogen) atoms. The van der Waals surface area contributed by atoms with Crippen molar-refractivity contribution >= 4 is 34.4 Å². The van der Waals surface area contributed by atoms with Crippen LogP contribution in [0, 0.1) is 6.92 Å². The van der Waals surface area contributed by atoms with E-state index in [9.17, 15) is 14.7 Å². The topological polar surface area (TPSA) is 86.3 Å². The predicted molar refractivity (Wildman–Crippen MR) is 147 cm³/mol. The number of aliphatic hydroxyl groups is 1. The fourth-order valence-corrected chi connectivity index (χ4v) is 4.81. The molecule has 6 nitrogen and oxygen atoms in total. The Morgan fingerprint density at radius 3 is 2.30 bits per heavy atom. The van der Waals surface area contributed by atoms with E-state index in [2.05, 4.69) is 37.7 Å². The number of H-pyrrole nitrogens is 1. The lowest BCUT2D eigenvalue weighted by atomic mass is 9.85. The monoisotopic (exact) mass is 493 g/mol. The highest BCUT2D eigenvalue weighted by molar-refractivity contribution is 6.51. The van der Waals surface area contributed by atoms with E-state index in [0.29, 0.717) is 11.1 Å². The van der Waals surface area contributed by atoms with Gasteiger partial charge >= 0.3 is 5.91 Å². The average molecular weight is 494 g/mol. The standard InChI is InChI=1S/C31H31N3O3/c1-6-19-8-10-21(11-9-19)27(35)25-26(20-12-14-22(15-13-20)31(3,4)5)34(29(37)28(25)36)30-32-23-16-7-18(2)17-24(23)33-30/h7-17,26,35H,6H2,1-5H3,(H,32,33)/b27-25+. The summed E-state index contributed by atoms with van der Waals surface area (Å²) in [4.78, 5) is 36.2. The Labute approximate surface area is 216 Å². The van der Waals surface area contributed by atoms with Crippen LogP contribution in [0.2, 0.25) is 0 Å². The summed E-state index contributed by atoms with van der Waals surface area (Å²) >= 11 is 0. The van der Waals surface area contributed by atoms with E-state index >= 15 is 0 Å². The van der Waals surface area contributed by atoms with Gasteiger partial charge in [-0.15, -0.1) is 0 Å². The number of aromatic amines is 1. The number of amides is 1. The van der Waals surface area contributed by atoms with E-state index in [-0.39, 0.29) is 22.7 Å². The van der Waals surface area contributed by atoms with Gasteiger partial charge in [-0.25, -0.2) is 4.98 Å². The van der Waals surface area contributed by atoms with Crippen LogP contribution in [0.3, 0.4) is 0 Å². The molecule has 0 saturated carbocycles. The van der Waals surface area contributed by atoms with E-state index in [1.54, 1.807) is 12.1 Å². The van der Waals surface area contributed by atoms with E-state index in [4.69, 9.17) is 0 Å². The van der Waals surface area contributed by atoms with Crippen LogP contribution < -0.4 is 4.90 Å². The van der Waals surface area contributed by atoms with Crippen molar-refractivity contribution in [3.8, 4) is 0 Å². The second-order valence-electron chi connectivity index (χ2n) is 10.7. The maximum Gasteiger partial charge on any atom is 0.302 e. The minimum absolute atomic E-state index is 0.0504. The number of anilines is 1. The summed E-state index contributed by atoms with van der Waals surface area (Å²) in [6.07, 6.45) is 0.858. The smallest absolute Gasteiger partial charge is 0.302 e. The number of hydrogen-bond donors (Lipinski definition) is 2. The molecule has 0 spiro atoms. The van der Waals surface area contributed by atoms with Gasteiger partial charge in [0.15, 0.2) is 0 Å². The van der Waals surface area contributed by atoms with Crippen molar-refractivity contribution in [2.45, 2.75) is 52.5 Å². The fourth-order valence-electron chi connectivity index (χ4n) is 4.81. The quantitative estimate of drug-likeness (QED) is 0.197. The number of Topliss-reactive ketones (excluding diaryl/α,β-unsaturated/α-hetero) is 1. The number of ketones is 1. The first-order valence-corrected chi connectivity index (χ1v) is 12.6. The molecular formula is C31H31N3O3. The number of aliphatic hydroxyl groups excluding tert-OH is 1. The van der Waals surface area contributed by atoms with Gasteiger partial charge in [0.1, 0.15) is 5.76 Å². The Kier molecular flexibility index (Phi) is 5.98. The summed E-state index contributed by atoms with van der Waals surface area (Å²) in [7, 11) is 0. The molecule has 0 radical (unpaired) electrons. The highest BCUT2D eigenvalue weighted by Crippen LogP contribution is 2.42. The zero-order valence-corrected chi connectivity index (χ0v) is 21.8. The third kappa shape index (κ3) is 4.33. The van der Waals surface area contributed by atoms with Crippen LogP contribution in [0.25, 0.3) is 16.8 Å². The summed E-state index contributed by atoms with van der Waals surface area (Å²) < 4.78 is 0. The zero-order chi connectivity index (χ0) is 26.5. The van der Waals surface area contributed by atoms with Crippen molar-refractivity contribution in [2.24, 2.45) is 0 Å². The molecule has 5 rings (SSSR count). The van der Waals surface area contributed by atoms with Crippen molar-refractivity contribution in [3.05, 3.63) is 100 Å². The number of imidazole rings is 1. The normalized spacial score (nSPS) is 17.6. The molecule has 1 saturated heterocycles. The van der Waals surface area contributed by atoms with Crippen molar-refractivity contribution in [3.63, 3.8) is 0 Å². The van der Waals surface area contributed by atoms with Crippen LogP contribution >= 0.6 is 0 Å². The second-order valence-corrected chi connectivity index (χ2v) is 10.7. The van der Waals surface area contributed by atoms with Crippen LogP contribution in [-0.4, -0.2) is 26.8 Å². The Morgan fingerprint density at radius 2 is 1.68 bits per heavy atom. The minimum atomic E-state index is -0.832. The molecule has 0 aliphatic carbocycles. The van der Waals surface area contributed by atoms with Crippen LogP contribution in [0.15, 0.2) is 72.3 Å². The minimum Gasteiger partial charge on any atom is -0.507 e. The van der Waals surface area contributed by atoms with Crippen LogP contribution in [0.1, 0.15) is 61.6 Å². The first-order valence-electron chi connectivity index (χ1n) is 12.6. The van der Waals surface area contributed by atoms with Crippen molar-refractivity contribution < 1.29 is 14.7 Å². The summed E-state index contributed by atoms with van der Waals surface area (Å²) in [5.41, 5.74) is 5.96. The molecule has 3 aromatic carbocycles. The number of aryl methyl sites for hydroxylation is 2. The number of aromatic nitrogens is 2. The van der Waals surface area contributed by atoms with Gasteiger partial charge in [0.05, 0.1) is 22.6 Å². The molecule has 1 fully saturated rings. The number of fused-ring (bicyclic) bond motifs is 1. The average Bonchev–Trinajstić information content (AvgIpc) is 3.40. The molecule has 188 valence electrons. The number of hydrogen-bond acceptors (Lipinski definition) is 4. The molecule has 2 N–H and O–H groups in total. The molecule has 4 aromatic rings. The molecule has 0 bridgehead atoms. The maximum absolute atomic E-state index is 13.5. The molecule has 1 amide bonds. The van der Waals surface area contributed by atoms with Gasteiger partial charge < -0.3 is 10.1 Å². The highest BCUT2D eigenvalue weighted by Gasteiger charge is 2.48. The molecule has 1 aliphatic rings. The Bertz CT molecular complexity index is 1540. The van der Waals surface area contributed by atoms with Gasteiger partial charge in [0, 0.05) is 5.56 Å². The lowest BCUT2D eigenvalue weighted by Gasteiger charge is -2.25. The second kappa shape index (κ2) is 9.04. The highest BCUT2D eigenvalue weighted by atomic mass is 16.3. The number of rotatable bonds is 4. The summed E-state index contributed by atoms with van der Waals surface area (Å²) in [5.74, 6) is -1.39. The van der Waals surface area contributed by atoms with Crippen molar-refractivity contribution in [1.82, 2.24) is 9.97 Å². The molecule has 2 heterocycles. The Morgan fingerprint density at radius 1 is 1.00 bits per heavy atom. The van der Waals surface area contributed by atoms with E-state index in [1.165, 1.54) is 4.90 Å². The third-order valence-corrected chi connectivity index (χ3v) is 7.03. The van der Waals surface area contributed by atoms with Gasteiger partial charge in [0.2, 0.25) is 5.95 Å². The fraction of sp³-hybridized carbons (Fsp3) is 0.258. The largest absolute Gasteiger partial charge is 0.507 e. The molecule has 1 aromatic heterocycles. The van der Waals surface area contributed by atoms with Gasteiger partial charge in [0.25, 0.3) is 5.78 Å². The summed E-state index contributed by atoms with van der Waals surface area (Å²) in [6, 6.07) is 20.2. The third-order valence-electron chi connectivity index (χ3n) is 7.03. The van der Waals surface area contributed by atoms with Gasteiger partial charge in [-0.2, -0.15) is 0 Å². The number of carbonyl (C=O) groups is 2. The maximum atomic E-state index is 13.5. The summed E-state index contributed by atoms with van der Waals surface area (Å²) in [5, 5.41) is 11.4. The van der Waals surface area contributed by atoms with Crippen LogP contribution in [0.5, 0.6) is 0 Å². The van der Waals surface area contributed by atoms with Gasteiger partial charge in [-0.1, -0.05) is 82.3 Å². The Balaban J connectivity index is 1.70.